The number of hydrogen-bond donors (Lipinski definition) is 3. The maximum absolute atomic E-state index is 13.2. The van der Waals surface area contributed by atoms with Gasteiger partial charge in [-0.25, -0.2) is 9.37 Å². The number of amides is 1. The van der Waals surface area contributed by atoms with Crippen molar-refractivity contribution in [2.24, 2.45) is 5.73 Å². The summed E-state index contributed by atoms with van der Waals surface area (Å²) >= 11 is 0. The monoisotopic (exact) mass is 358 g/mol. The second-order valence-corrected chi connectivity index (χ2v) is 4.97. The molecule has 128 valence electrons. The number of nitrogens with zero attached hydrogens (tertiary/aromatic N) is 2. The molecule has 6 nitrogen and oxygen atoms in total. The van der Waals surface area contributed by atoms with Gasteiger partial charge in [-0.15, -0.1) is 0 Å². The highest BCUT2D eigenvalue weighted by Gasteiger charge is 2.04. The van der Waals surface area contributed by atoms with E-state index in [9.17, 15) is 9.18 Å². The largest absolute Gasteiger partial charge is 1.00 e. The van der Waals surface area contributed by atoms with E-state index in [2.05, 4.69) is 20.6 Å². The van der Waals surface area contributed by atoms with Crippen molar-refractivity contribution in [2.75, 3.05) is 10.6 Å². The highest BCUT2D eigenvalue weighted by molar-refractivity contribution is 5.93. The van der Waals surface area contributed by atoms with Gasteiger partial charge in [-0.2, -0.15) is 4.98 Å². The SMILES string of the molecule is NC(=O)c1cccc(Nc2nccc(Nc3cccc(F)c3)n2)c1.[Cl-]. The zero-order valence-corrected chi connectivity index (χ0v) is 13.7. The number of halogens is 2. The number of benzene rings is 2. The predicted molar refractivity (Wildman–Crippen MR) is 90.0 cm³/mol. The van der Waals surface area contributed by atoms with Crippen LogP contribution in [0.3, 0.4) is 0 Å². The first-order chi connectivity index (χ1) is 11.6. The third kappa shape index (κ3) is 4.89. The van der Waals surface area contributed by atoms with Gasteiger partial charge >= 0.3 is 0 Å². The van der Waals surface area contributed by atoms with Gasteiger partial charge in [-0.1, -0.05) is 12.1 Å². The summed E-state index contributed by atoms with van der Waals surface area (Å²) in [5.74, 6) is -0.0149. The van der Waals surface area contributed by atoms with Crippen LogP contribution >= 0.6 is 0 Å². The molecule has 0 aliphatic heterocycles. The van der Waals surface area contributed by atoms with E-state index in [1.807, 2.05) is 0 Å². The molecule has 0 atom stereocenters. The summed E-state index contributed by atoms with van der Waals surface area (Å²) < 4.78 is 13.2. The molecule has 1 amide bonds. The minimum Gasteiger partial charge on any atom is -1.00 e. The molecule has 0 aliphatic carbocycles. The number of anilines is 4. The number of nitrogens with two attached hydrogens (primary N) is 1. The molecule has 0 saturated heterocycles. The van der Waals surface area contributed by atoms with Crippen molar-refractivity contribution in [3.8, 4) is 0 Å². The van der Waals surface area contributed by atoms with Gasteiger partial charge in [0, 0.05) is 23.1 Å². The number of nitrogens with one attached hydrogen (secondary N) is 2. The van der Waals surface area contributed by atoms with E-state index < -0.39 is 5.91 Å². The van der Waals surface area contributed by atoms with Gasteiger partial charge in [-0.3, -0.25) is 4.79 Å². The lowest BCUT2D eigenvalue weighted by Crippen LogP contribution is -3.00. The molecule has 4 N–H and O–H groups in total. The molecule has 0 radical (unpaired) electrons. The second-order valence-electron chi connectivity index (χ2n) is 4.97. The maximum atomic E-state index is 13.2. The molecule has 2 aromatic carbocycles. The molecule has 0 spiro atoms. The number of rotatable bonds is 5. The Morgan fingerprint density at radius 1 is 1.00 bits per heavy atom. The maximum Gasteiger partial charge on any atom is 0.248 e. The first-order valence-corrected chi connectivity index (χ1v) is 7.13. The fourth-order valence-corrected chi connectivity index (χ4v) is 2.08. The molecule has 3 rings (SSSR count). The number of aromatic nitrogens is 2. The minimum absolute atomic E-state index is 0. The Morgan fingerprint density at radius 2 is 1.72 bits per heavy atom. The van der Waals surface area contributed by atoms with Crippen LogP contribution in [0.15, 0.2) is 60.8 Å². The predicted octanol–water partition coefficient (Wildman–Crippen LogP) is 0.206. The van der Waals surface area contributed by atoms with Crippen LogP contribution in [0.4, 0.5) is 27.5 Å². The summed E-state index contributed by atoms with van der Waals surface area (Å²) in [5.41, 5.74) is 6.86. The van der Waals surface area contributed by atoms with Crippen LogP contribution in [-0.2, 0) is 0 Å². The summed E-state index contributed by atoms with van der Waals surface area (Å²) in [5, 5.41) is 5.99. The second kappa shape index (κ2) is 8.07. The van der Waals surface area contributed by atoms with Crippen LogP contribution in [0.1, 0.15) is 10.4 Å². The molecule has 0 aliphatic rings. The molecule has 3 aromatic rings. The minimum atomic E-state index is -0.513. The quantitative estimate of drug-likeness (QED) is 0.606. The van der Waals surface area contributed by atoms with E-state index in [1.165, 1.54) is 12.1 Å². The molecule has 0 saturated carbocycles. The fourth-order valence-electron chi connectivity index (χ4n) is 2.08. The molecule has 0 fully saturated rings. The molecular formula is C17H14ClFN5O-. The van der Waals surface area contributed by atoms with Crippen molar-refractivity contribution in [1.29, 1.82) is 0 Å². The number of carbonyl (C=O) groups is 1. The van der Waals surface area contributed by atoms with Crippen LogP contribution in [0.5, 0.6) is 0 Å². The topological polar surface area (TPSA) is 92.9 Å². The Morgan fingerprint density at radius 3 is 2.44 bits per heavy atom. The van der Waals surface area contributed by atoms with Crippen molar-refractivity contribution in [3.05, 3.63) is 72.2 Å². The molecule has 1 heterocycles. The zero-order chi connectivity index (χ0) is 16.9. The Balaban J connectivity index is 0.00000225. The van der Waals surface area contributed by atoms with Gasteiger partial charge in [-0.05, 0) is 42.5 Å². The van der Waals surface area contributed by atoms with Gasteiger partial charge in [0.25, 0.3) is 0 Å². The van der Waals surface area contributed by atoms with Gasteiger partial charge in [0.2, 0.25) is 11.9 Å². The summed E-state index contributed by atoms with van der Waals surface area (Å²) in [6.07, 6.45) is 1.56. The van der Waals surface area contributed by atoms with Crippen LogP contribution in [0, 0.1) is 5.82 Å². The highest BCUT2D eigenvalue weighted by atomic mass is 35.5. The van der Waals surface area contributed by atoms with E-state index >= 15 is 0 Å². The Labute approximate surface area is 149 Å². The van der Waals surface area contributed by atoms with Crippen molar-refractivity contribution in [2.45, 2.75) is 0 Å². The molecule has 0 bridgehead atoms. The third-order valence-corrected chi connectivity index (χ3v) is 3.16. The van der Waals surface area contributed by atoms with Crippen molar-refractivity contribution in [3.63, 3.8) is 0 Å². The van der Waals surface area contributed by atoms with Crippen molar-refractivity contribution < 1.29 is 21.6 Å². The van der Waals surface area contributed by atoms with Crippen LogP contribution in [-0.4, -0.2) is 15.9 Å². The van der Waals surface area contributed by atoms with Gasteiger partial charge in [0.15, 0.2) is 0 Å². The lowest BCUT2D eigenvalue weighted by atomic mass is 10.2. The highest BCUT2D eigenvalue weighted by Crippen LogP contribution is 2.18. The molecular weight excluding hydrogens is 345 g/mol. The first kappa shape index (κ1) is 18.2. The van der Waals surface area contributed by atoms with Gasteiger partial charge in [0.1, 0.15) is 11.6 Å². The van der Waals surface area contributed by atoms with E-state index in [0.29, 0.717) is 28.7 Å². The third-order valence-electron chi connectivity index (χ3n) is 3.16. The van der Waals surface area contributed by atoms with E-state index in [4.69, 9.17) is 5.73 Å². The van der Waals surface area contributed by atoms with E-state index in [-0.39, 0.29) is 18.2 Å². The molecule has 8 heteroatoms. The Bertz CT molecular complexity index is 890. The van der Waals surface area contributed by atoms with Crippen LogP contribution < -0.4 is 28.8 Å². The summed E-state index contributed by atoms with van der Waals surface area (Å²) in [6.45, 7) is 0. The molecule has 25 heavy (non-hydrogen) atoms. The molecule has 1 aromatic heterocycles. The average Bonchev–Trinajstić information content (AvgIpc) is 2.55. The lowest BCUT2D eigenvalue weighted by molar-refractivity contribution is -0.0000138. The summed E-state index contributed by atoms with van der Waals surface area (Å²) in [4.78, 5) is 19.6. The Kier molecular flexibility index (Phi) is 5.86. The standard InChI is InChI=1S/C17H14FN5O.ClH/c18-12-4-2-6-14(10-12)21-15-7-8-20-17(23-15)22-13-5-1-3-11(9-13)16(19)24;/h1-10H,(H2,19,24)(H2,20,21,22,23);1H/p-1. The van der Waals surface area contributed by atoms with Crippen molar-refractivity contribution in [1.82, 2.24) is 9.97 Å². The lowest BCUT2D eigenvalue weighted by Gasteiger charge is -2.09. The summed E-state index contributed by atoms with van der Waals surface area (Å²) in [7, 11) is 0. The average molecular weight is 359 g/mol. The normalized spacial score (nSPS) is 9.80. The van der Waals surface area contributed by atoms with E-state index in [0.717, 1.165) is 0 Å². The summed E-state index contributed by atoms with van der Waals surface area (Å²) in [6, 6.07) is 14.4. The smallest absolute Gasteiger partial charge is 0.248 e. The van der Waals surface area contributed by atoms with Crippen LogP contribution in [0.25, 0.3) is 0 Å². The number of carbonyl (C=O) groups excluding carboxylic acids is 1. The number of hydrogen-bond acceptors (Lipinski definition) is 5. The van der Waals surface area contributed by atoms with Crippen LogP contribution in [0.2, 0.25) is 0 Å². The molecule has 0 unspecified atom stereocenters. The Hall–Kier alpha value is -3.19. The first-order valence-electron chi connectivity index (χ1n) is 7.13. The van der Waals surface area contributed by atoms with Crippen molar-refractivity contribution >= 4 is 29.0 Å². The zero-order valence-electron chi connectivity index (χ0n) is 12.9. The fraction of sp³-hybridized carbons (Fsp3) is 0. The van der Waals surface area contributed by atoms with Gasteiger partial charge < -0.3 is 28.8 Å². The van der Waals surface area contributed by atoms with E-state index in [1.54, 1.807) is 48.7 Å². The number of primary amides is 1. The van der Waals surface area contributed by atoms with Gasteiger partial charge in [0.05, 0.1) is 0 Å².